The number of fused-ring (bicyclic) bond motifs is 6. The third-order valence-corrected chi connectivity index (χ3v) is 11.7. The van der Waals surface area contributed by atoms with E-state index in [9.17, 15) is 13.2 Å². The quantitative estimate of drug-likeness (QED) is 0.499. The third-order valence-electron chi connectivity index (χ3n) is 9.59. The van der Waals surface area contributed by atoms with Crippen molar-refractivity contribution >= 4 is 27.7 Å². The summed E-state index contributed by atoms with van der Waals surface area (Å²) in [7, 11) is -3.65. The highest BCUT2D eigenvalue weighted by molar-refractivity contribution is 7.89. The van der Waals surface area contributed by atoms with Gasteiger partial charge in [-0.25, -0.2) is 13.2 Å². The average molecular weight is 572 g/mol. The molecule has 7 rings (SSSR count). The first-order valence-electron chi connectivity index (χ1n) is 14.3. The summed E-state index contributed by atoms with van der Waals surface area (Å²) in [6.07, 6.45) is 6.03. The standard InChI is InChI=1S/C30H38ClN3O4S/c1-2-38-29(35)34-19-22-7-10-25(34)18-26(17-22)32-15-13-30(14-16-32)21-33(20-23-5-3-4-6-28(23)30)39(36,37)27-11-8-24(31)9-12-27/h3-6,8-9,11-12,22,25-26H,2,7,10,13-21H2,1H3. The van der Waals surface area contributed by atoms with E-state index in [1.807, 2.05) is 17.9 Å². The zero-order chi connectivity index (χ0) is 27.2. The van der Waals surface area contributed by atoms with E-state index < -0.39 is 10.0 Å². The zero-order valence-corrected chi connectivity index (χ0v) is 24.2. The molecule has 0 N–H and O–H groups in total. The molecule has 4 aliphatic heterocycles. The lowest BCUT2D eigenvalue weighted by atomic mass is 9.69. The molecule has 4 heterocycles. The summed E-state index contributed by atoms with van der Waals surface area (Å²) < 4.78 is 34.5. The van der Waals surface area contributed by atoms with Crippen LogP contribution in [-0.2, 0) is 26.7 Å². The number of ether oxygens (including phenoxy) is 1. The first-order valence-corrected chi connectivity index (χ1v) is 16.1. The molecule has 210 valence electrons. The Morgan fingerprint density at radius 2 is 1.77 bits per heavy atom. The van der Waals surface area contributed by atoms with Gasteiger partial charge in [0, 0.05) is 42.2 Å². The molecule has 1 saturated carbocycles. The van der Waals surface area contributed by atoms with Crippen LogP contribution in [0.25, 0.3) is 0 Å². The Morgan fingerprint density at radius 3 is 2.51 bits per heavy atom. The molecule has 5 aliphatic rings. The number of hydrogen-bond donors (Lipinski definition) is 0. The predicted molar refractivity (Wildman–Crippen MR) is 151 cm³/mol. The lowest BCUT2D eigenvalue weighted by Crippen LogP contribution is -2.55. The van der Waals surface area contributed by atoms with Gasteiger partial charge in [0.15, 0.2) is 0 Å². The highest BCUT2D eigenvalue weighted by Gasteiger charge is 2.47. The van der Waals surface area contributed by atoms with Crippen molar-refractivity contribution in [2.45, 2.75) is 74.4 Å². The van der Waals surface area contributed by atoms with Crippen molar-refractivity contribution in [3.05, 3.63) is 64.7 Å². The maximum Gasteiger partial charge on any atom is 0.410 e. The van der Waals surface area contributed by atoms with Gasteiger partial charge in [-0.3, -0.25) is 0 Å². The maximum absolute atomic E-state index is 13.7. The second kappa shape index (κ2) is 10.7. The molecule has 1 spiro atoms. The van der Waals surface area contributed by atoms with Crippen molar-refractivity contribution in [1.29, 1.82) is 0 Å². The summed E-state index contributed by atoms with van der Waals surface area (Å²) in [5.41, 5.74) is 2.21. The van der Waals surface area contributed by atoms with Gasteiger partial charge < -0.3 is 14.5 Å². The monoisotopic (exact) mass is 571 g/mol. The molecule has 4 fully saturated rings. The van der Waals surface area contributed by atoms with Crippen molar-refractivity contribution in [2.75, 3.05) is 32.8 Å². The smallest absolute Gasteiger partial charge is 0.410 e. The largest absolute Gasteiger partial charge is 0.450 e. The van der Waals surface area contributed by atoms with Crippen LogP contribution in [-0.4, -0.2) is 73.5 Å². The first-order chi connectivity index (χ1) is 18.8. The summed E-state index contributed by atoms with van der Waals surface area (Å²) in [6.45, 7) is 5.85. The van der Waals surface area contributed by atoms with Gasteiger partial charge in [0.1, 0.15) is 0 Å². The van der Waals surface area contributed by atoms with Gasteiger partial charge in [-0.05, 0) is 99.8 Å². The van der Waals surface area contributed by atoms with E-state index in [-0.39, 0.29) is 17.6 Å². The van der Waals surface area contributed by atoms with Gasteiger partial charge in [-0.2, -0.15) is 4.31 Å². The van der Waals surface area contributed by atoms with E-state index in [2.05, 4.69) is 23.1 Å². The molecular weight excluding hydrogens is 534 g/mol. The summed E-state index contributed by atoms with van der Waals surface area (Å²) in [5.74, 6) is 0.518. The fourth-order valence-corrected chi connectivity index (χ4v) is 9.21. The topological polar surface area (TPSA) is 70.2 Å². The van der Waals surface area contributed by atoms with Crippen LogP contribution in [0.4, 0.5) is 4.79 Å². The SMILES string of the molecule is CCOC(=O)N1CC2CCC1CC(N1CCC3(CC1)CN(S(=O)(=O)c1ccc(Cl)cc1)Cc1ccccc13)C2. The Bertz CT molecular complexity index is 1310. The molecule has 0 radical (unpaired) electrons. The van der Waals surface area contributed by atoms with Crippen LogP contribution in [0.2, 0.25) is 5.02 Å². The van der Waals surface area contributed by atoms with Crippen molar-refractivity contribution in [2.24, 2.45) is 5.92 Å². The number of carbonyl (C=O) groups excluding carboxylic acids is 1. The molecule has 0 aromatic heterocycles. The van der Waals surface area contributed by atoms with Gasteiger partial charge in [0.05, 0.1) is 11.5 Å². The Hall–Kier alpha value is -2.13. The highest BCUT2D eigenvalue weighted by atomic mass is 35.5. The average Bonchev–Trinajstić information content (AvgIpc) is 3.26. The fraction of sp³-hybridized carbons (Fsp3) is 0.567. The van der Waals surface area contributed by atoms with Crippen molar-refractivity contribution < 1.29 is 17.9 Å². The molecule has 2 bridgehead atoms. The number of halogens is 1. The lowest BCUT2D eigenvalue weighted by molar-refractivity contribution is 0.0647. The van der Waals surface area contributed by atoms with E-state index >= 15 is 0 Å². The molecular formula is C30H38ClN3O4S. The molecule has 7 nitrogen and oxygen atoms in total. The number of hydrogen-bond acceptors (Lipinski definition) is 5. The van der Waals surface area contributed by atoms with E-state index in [0.717, 1.165) is 57.3 Å². The number of carbonyl (C=O) groups is 1. The van der Waals surface area contributed by atoms with Crippen molar-refractivity contribution in [3.8, 4) is 0 Å². The zero-order valence-electron chi connectivity index (χ0n) is 22.6. The van der Waals surface area contributed by atoms with E-state index in [4.69, 9.17) is 16.3 Å². The minimum Gasteiger partial charge on any atom is -0.450 e. The van der Waals surface area contributed by atoms with Gasteiger partial charge in [-0.1, -0.05) is 35.9 Å². The second-order valence-electron chi connectivity index (χ2n) is 11.8. The molecule has 9 heteroatoms. The maximum atomic E-state index is 13.7. The van der Waals surface area contributed by atoms with Crippen LogP contribution in [0.1, 0.15) is 56.6 Å². The second-order valence-corrected chi connectivity index (χ2v) is 14.1. The number of piperidine rings is 2. The number of benzene rings is 2. The van der Waals surface area contributed by atoms with Crippen LogP contribution in [0.3, 0.4) is 0 Å². The highest BCUT2D eigenvalue weighted by Crippen LogP contribution is 2.45. The van der Waals surface area contributed by atoms with Crippen LogP contribution in [0.5, 0.6) is 0 Å². The normalized spacial score (nSPS) is 27.2. The Labute approximate surface area is 237 Å². The lowest BCUT2D eigenvalue weighted by Gasteiger charge is -2.49. The van der Waals surface area contributed by atoms with Gasteiger partial charge in [0.25, 0.3) is 0 Å². The number of sulfonamides is 1. The number of nitrogens with zero attached hydrogens (tertiary/aromatic N) is 3. The van der Waals surface area contributed by atoms with Crippen molar-refractivity contribution in [3.63, 3.8) is 0 Å². The van der Waals surface area contributed by atoms with E-state index in [1.54, 1.807) is 28.6 Å². The Kier molecular flexibility index (Phi) is 7.42. The van der Waals surface area contributed by atoms with Gasteiger partial charge in [0.2, 0.25) is 10.0 Å². The van der Waals surface area contributed by atoms with Gasteiger partial charge in [-0.15, -0.1) is 0 Å². The van der Waals surface area contributed by atoms with E-state index in [0.29, 0.717) is 41.6 Å². The van der Waals surface area contributed by atoms with Crippen LogP contribution in [0, 0.1) is 5.92 Å². The molecule has 39 heavy (non-hydrogen) atoms. The predicted octanol–water partition coefficient (Wildman–Crippen LogP) is 5.28. The van der Waals surface area contributed by atoms with Crippen LogP contribution >= 0.6 is 11.6 Å². The summed E-state index contributed by atoms with van der Waals surface area (Å²) >= 11 is 6.04. The molecule has 1 amide bonds. The summed E-state index contributed by atoms with van der Waals surface area (Å²) in [5, 5.41) is 0.527. The molecule has 3 unspecified atom stereocenters. The molecule has 3 saturated heterocycles. The summed E-state index contributed by atoms with van der Waals surface area (Å²) in [6, 6.07) is 15.6. The number of likely N-dealkylation sites (tertiary alicyclic amines) is 1. The van der Waals surface area contributed by atoms with Crippen LogP contribution < -0.4 is 0 Å². The molecule has 2 aromatic rings. The Morgan fingerprint density at radius 1 is 1.03 bits per heavy atom. The van der Waals surface area contributed by atoms with Crippen molar-refractivity contribution in [1.82, 2.24) is 14.1 Å². The van der Waals surface area contributed by atoms with Crippen LogP contribution in [0.15, 0.2) is 53.4 Å². The third kappa shape index (κ3) is 5.09. The minimum absolute atomic E-state index is 0.161. The fourth-order valence-electron chi connectivity index (χ4n) is 7.58. The van der Waals surface area contributed by atoms with Gasteiger partial charge >= 0.3 is 6.09 Å². The molecule has 1 aliphatic carbocycles. The number of rotatable bonds is 4. The Balaban J connectivity index is 1.21. The number of amides is 1. The molecule has 3 atom stereocenters. The van der Waals surface area contributed by atoms with E-state index in [1.165, 1.54) is 12.0 Å². The first kappa shape index (κ1) is 27.1. The summed E-state index contributed by atoms with van der Waals surface area (Å²) in [4.78, 5) is 17.5. The molecule has 2 aromatic carbocycles. The minimum atomic E-state index is -3.65.